The van der Waals surface area contributed by atoms with Crippen LogP contribution in [0.25, 0.3) is 22.0 Å². The van der Waals surface area contributed by atoms with E-state index in [0.29, 0.717) is 43.9 Å². The molecule has 2 aliphatic rings. The SMILES string of the molecule is O=C(c1ccc(-c2cnc3ccccc3c2)cc1)N1CCC(O)(CN2CNn3cccc3C2=O)CC1. The van der Waals surface area contributed by atoms with E-state index in [1.54, 1.807) is 26.7 Å². The molecular weight excluding hydrogens is 454 g/mol. The zero-order valence-electron chi connectivity index (χ0n) is 19.8. The average molecular weight is 482 g/mol. The van der Waals surface area contributed by atoms with Gasteiger partial charge < -0.3 is 20.3 Å². The first kappa shape index (κ1) is 22.3. The molecule has 4 heterocycles. The van der Waals surface area contributed by atoms with Crippen LogP contribution >= 0.6 is 0 Å². The summed E-state index contributed by atoms with van der Waals surface area (Å²) in [4.78, 5) is 33.8. The van der Waals surface area contributed by atoms with Gasteiger partial charge in [0.1, 0.15) is 12.4 Å². The number of aromatic nitrogens is 2. The first-order valence-electron chi connectivity index (χ1n) is 12.2. The molecule has 0 spiro atoms. The standard InChI is InChI=1S/C28H27N5O3/c34-26(21-9-7-20(8-10-21)23-16-22-4-1-2-5-24(22)29-17-23)31-14-11-28(36,12-15-31)18-32-19-30-33-13-3-6-25(33)27(32)35/h1-10,13,16-17,30,36H,11-12,14-15,18-19H2. The maximum absolute atomic E-state index is 13.1. The maximum atomic E-state index is 13.1. The number of para-hydroxylation sites is 1. The van der Waals surface area contributed by atoms with Gasteiger partial charge in [-0.05, 0) is 54.8 Å². The highest BCUT2D eigenvalue weighted by Crippen LogP contribution is 2.27. The Morgan fingerprint density at radius 2 is 1.78 bits per heavy atom. The van der Waals surface area contributed by atoms with E-state index in [4.69, 9.17) is 0 Å². The molecular formula is C28H27N5O3. The highest BCUT2D eigenvalue weighted by Gasteiger charge is 2.38. The van der Waals surface area contributed by atoms with Gasteiger partial charge in [-0.25, -0.2) is 0 Å². The van der Waals surface area contributed by atoms with Gasteiger partial charge in [0.25, 0.3) is 11.8 Å². The molecule has 2 aliphatic heterocycles. The van der Waals surface area contributed by atoms with Crippen molar-refractivity contribution in [1.29, 1.82) is 0 Å². The summed E-state index contributed by atoms with van der Waals surface area (Å²) in [5.74, 6) is -0.152. The number of carbonyl (C=O) groups is 2. The molecule has 6 rings (SSSR count). The number of fused-ring (bicyclic) bond motifs is 2. The number of rotatable bonds is 4. The highest BCUT2D eigenvalue weighted by molar-refractivity contribution is 5.95. The van der Waals surface area contributed by atoms with Crippen LogP contribution in [0, 0.1) is 0 Å². The van der Waals surface area contributed by atoms with Crippen LogP contribution < -0.4 is 5.43 Å². The number of likely N-dealkylation sites (tertiary alicyclic amines) is 1. The van der Waals surface area contributed by atoms with Crippen molar-refractivity contribution in [2.75, 3.05) is 31.7 Å². The summed E-state index contributed by atoms with van der Waals surface area (Å²) in [6, 6.07) is 21.3. The molecule has 0 saturated carbocycles. The fourth-order valence-electron chi connectivity index (χ4n) is 5.07. The monoisotopic (exact) mass is 481 g/mol. The fraction of sp³-hybridized carbons (Fsp3) is 0.250. The summed E-state index contributed by atoms with van der Waals surface area (Å²) in [6.45, 7) is 1.46. The van der Waals surface area contributed by atoms with Crippen LogP contribution in [0.15, 0.2) is 79.1 Å². The minimum absolute atomic E-state index is 0.0474. The topological polar surface area (TPSA) is 90.7 Å². The van der Waals surface area contributed by atoms with Gasteiger partial charge >= 0.3 is 0 Å². The Hall–Kier alpha value is -4.17. The summed E-state index contributed by atoms with van der Waals surface area (Å²) in [6.07, 6.45) is 4.49. The Morgan fingerprint density at radius 3 is 2.58 bits per heavy atom. The molecule has 0 atom stereocenters. The Balaban J connectivity index is 1.09. The quantitative estimate of drug-likeness (QED) is 0.467. The van der Waals surface area contributed by atoms with Gasteiger partial charge in [0.15, 0.2) is 0 Å². The van der Waals surface area contributed by atoms with Crippen LogP contribution in [0.1, 0.15) is 33.7 Å². The number of aliphatic hydroxyl groups is 1. The van der Waals surface area contributed by atoms with Crippen molar-refractivity contribution in [3.05, 3.63) is 90.4 Å². The van der Waals surface area contributed by atoms with Crippen LogP contribution in [0.4, 0.5) is 0 Å². The van der Waals surface area contributed by atoms with Crippen LogP contribution in [0.2, 0.25) is 0 Å². The molecule has 0 radical (unpaired) electrons. The molecule has 0 unspecified atom stereocenters. The number of β-amino-alcohol motifs (C(OH)–C–C–N with tert-alkyl or cyclic N) is 1. The third-order valence-electron chi connectivity index (χ3n) is 7.21. The smallest absolute Gasteiger partial charge is 0.273 e. The van der Waals surface area contributed by atoms with Crippen molar-refractivity contribution in [2.24, 2.45) is 0 Å². The molecule has 2 N–H and O–H groups in total. The van der Waals surface area contributed by atoms with Crippen molar-refractivity contribution < 1.29 is 14.7 Å². The van der Waals surface area contributed by atoms with E-state index in [0.717, 1.165) is 22.0 Å². The van der Waals surface area contributed by atoms with Crippen molar-refractivity contribution in [2.45, 2.75) is 18.4 Å². The third kappa shape index (κ3) is 4.09. The van der Waals surface area contributed by atoms with E-state index in [1.807, 2.05) is 60.8 Å². The summed E-state index contributed by atoms with van der Waals surface area (Å²) in [7, 11) is 0. The maximum Gasteiger partial charge on any atom is 0.273 e. The number of piperidine rings is 1. The molecule has 8 heteroatoms. The normalized spacial score (nSPS) is 17.1. The summed E-state index contributed by atoms with van der Waals surface area (Å²) < 4.78 is 1.70. The molecule has 1 fully saturated rings. The highest BCUT2D eigenvalue weighted by atomic mass is 16.3. The van der Waals surface area contributed by atoms with E-state index in [1.165, 1.54) is 0 Å². The predicted octanol–water partition coefficient (Wildman–Crippen LogP) is 3.33. The van der Waals surface area contributed by atoms with Gasteiger partial charge in [-0.15, -0.1) is 0 Å². The van der Waals surface area contributed by atoms with Gasteiger partial charge in [-0.1, -0.05) is 30.3 Å². The molecule has 4 aromatic rings. The van der Waals surface area contributed by atoms with Gasteiger partial charge in [0.05, 0.1) is 17.7 Å². The van der Waals surface area contributed by atoms with Crippen molar-refractivity contribution in [3.8, 4) is 11.1 Å². The zero-order chi connectivity index (χ0) is 24.7. The largest absolute Gasteiger partial charge is 0.388 e. The third-order valence-corrected chi connectivity index (χ3v) is 7.21. The number of nitrogens with one attached hydrogen (secondary N) is 1. The minimum atomic E-state index is -1.02. The second kappa shape index (κ2) is 8.80. The van der Waals surface area contributed by atoms with Crippen LogP contribution in [0.3, 0.4) is 0 Å². The predicted molar refractivity (Wildman–Crippen MR) is 137 cm³/mol. The molecule has 0 aliphatic carbocycles. The molecule has 2 aromatic carbocycles. The Kier molecular flexibility index (Phi) is 5.45. The number of hydrogen-bond acceptors (Lipinski definition) is 5. The number of hydrogen-bond donors (Lipinski definition) is 2. The fourth-order valence-corrected chi connectivity index (χ4v) is 5.07. The van der Waals surface area contributed by atoms with E-state index in [9.17, 15) is 14.7 Å². The molecule has 36 heavy (non-hydrogen) atoms. The molecule has 1 saturated heterocycles. The second-order valence-corrected chi connectivity index (χ2v) is 9.59. The second-order valence-electron chi connectivity index (χ2n) is 9.59. The van der Waals surface area contributed by atoms with Gasteiger partial charge in [0, 0.05) is 42.0 Å². The first-order chi connectivity index (χ1) is 17.5. The Morgan fingerprint density at radius 1 is 1.00 bits per heavy atom. The lowest BCUT2D eigenvalue weighted by Gasteiger charge is -2.42. The Bertz CT molecular complexity index is 1440. The average Bonchev–Trinajstić information content (AvgIpc) is 3.40. The van der Waals surface area contributed by atoms with E-state index >= 15 is 0 Å². The van der Waals surface area contributed by atoms with E-state index in [2.05, 4.69) is 16.5 Å². The van der Waals surface area contributed by atoms with Gasteiger partial charge in [-0.3, -0.25) is 19.2 Å². The molecule has 8 nitrogen and oxygen atoms in total. The van der Waals surface area contributed by atoms with Crippen molar-refractivity contribution >= 4 is 22.7 Å². The first-order valence-corrected chi connectivity index (χ1v) is 12.2. The lowest BCUT2D eigenvalue weighted by Crippen LogP contribution is -2.56. The van der Waals surface area contributed by atoms with Crippen molar-refractivity contribution in [1.82, 2.24) is 19.5 Å². The van der Waals surface area contributed by atoms with E-state index < -0.39 is 5.60 Å². The number of amides is 2. The van der Waals surface area contributed by atoms with Gasteiger partial charge in [-0.2, -0.15) is 0 Å². The van der Waals surface area contributed by atoms with E-state index in [-0.39, 0.29) is 18.4 Å². The molecule has 0 bridgehead atoms. The van der Waals surface area contributed by atoms with Crippen molar-refractivity contribution in [3.63, 3.8) is 0 Å². The van der Waals surface area contributed by atoms with Gasteiger partial charge in [0.2, 0.25) is 0 Å². The molecule has 2 aromatic heterocycles. The summed E-state index contributed by atoms with van der Waals surface area (Å²) >= 11 is 0. The number of benzene rings is 2. The van der Waals surface area contributed by atoms with Crippen LogP contribution in [-0.2, 0) is 0 Å². The number of carbonyl (C=O) groups excluding carboxylic acids is 2. The molecule has 2 amide bonds. The summed E-state index contributed by atoms with van der Waals surface area (Å²) in [5.41, 5.74) is 6.26. The summed E-state index contributed by atoms with van der Waals surface area (Å²) in [5, 5.41) is 12.3. The minimum Gasteiger partial charge on any atom is -0.388 e. The number of pyridine rings is 1. The van der Waals surface area contributed by atoms with Crippen LogP contribution in [-0.4, -0.2) is 68.3 Å². The molecule has 182 valence electrons. The number of nitrogens with zero attached hydrogens (tertiary/aromatic N) is 4. The zero-order valence-corrected chi connectivity index (χ0v) is 19.8. The lowest BCUT2D eigenvalue weighted by molar-refractivity contribution is -0.0369. The Labute approximate surface area is 208 Å². The lowest BCUT2D eigenvalue weighted by atomic mass is 9.90. The van der Waals surface area contributed by atoms with Crippen LogP contribution in [0.5, 0.6) is 0 Å².